The van der Waals surface area contributed by atoms with Crippen molar-refractivity contribution in [3.8, 4) is 28.6 Å². The first-order valence-electron chi connectivity index (χ1n) is 7.21. The Morgan fingerprint density at radius 1 is 0.917 bits per heavy atom. The molecule has 6 nitrogen and oxygen atoms in total. The van der Waals surface area contributed by atoms with Crippen LogP contribution in [0, 0.1) is 0 Å². The minimum absolute atomic E-state index is 0.100. The number of nitrogens with two attached hydrogens (primary N) is 1. The van der Waals surface area contributed by atoms with E-state index in [9.17, 15) is 4.79 Å². The highest BCUT2D eigenvalue weighted by Gasteiger charge is 2.18. The van der Waals surface area contributed by atoms with E-state index >= 15 is 0 Å². The Morgan fingerprint density at radius 3 is 2.17 bits per heavy atom. The molecule has 0 aliphatic rings. The van der Waals surface area contributed by atoms with E-state index < -0.39 is 0 Å². The summed E-state index contributed by atoms with van der Waals surface area (Å²) in [7, 11) is 4.52. The van der Waals surface area contributed by atoms with Crippen LogP contribution in [0.2, 0.25) is 0 Å². The van der Waals surface area contributed by atoms with Crippen molar-refractivity contribution in [1.82, 2.24) is 0 Å². The second-order valence-electron chi connectivity index (χ2n) is 5.15. The number of nitrogen functional groups attached to an aromatic ring is 1. The number of methoxy groups -OCH3 is 3. The maximum absolute atomic E-state index is 12.7. The summed E-state index contributed by atoms with van der Waals surface area (Å²) in [4.78, 5) is 12.7. The molecule has 0 radical (unpaired) electrons. The molecule has 6 heteroatoms. The monoisotopic (exact) mass is 327 g/mol. The van der Waals surface area contributed by atoms with Crippen LogP contribution in [0.25, 0.3) is 22.3 Å². The van der Waals surface area contributed by atoms with E-state index in [0.29, 0.717) is 39.5 Å². The zero-order chi connectivity index (χ0) is 17.3. The van der Waals surface area contributed by atoms with Crippen molar-refractivity contribution in [3.05, 3.63) is 46.6 Å². The van der Waals surface area contributed by atoms with Crippen molar-refractivity contribution in [3.63, 3.8) is 0 Å². The Kier molecular flexibility index (Phi) is 4.04. The van der Waals surface area contributed by atoms with Crippen LogP contribution in [-0.2, 0) is 0 Å². The van der Waals surface area contributed by atoms with Crippen LogP contribution in [0.15, 0.2) is 45.6 Å². The average molecular weight is 327 g/mol. The van der Waals surface area contributed by atoms with E-state index in [0.717, 1.165) is 0 Å². The molecule has 0 spiro atoms. The molecule has 0 saturated carbocycles. The lowest BCUT2D eigenvalue weighted by Crippen LogP contribution is -2.08. The highest BCUT2D eigenvalue weighted by molar-refractivity contribution is 5.84. The predicted molar refractivity (Wildman–Crippen MR) is 92.0 cm³/mol. The van der Waals surface area contributed by atoms with Crippen LogP contribution in [0.3, 0.4) is 0 Å². The number of anilines is 1. The molecule has 0 fully saturated rings. The fourth-order valence-corrected chi connectivity index (χ4v) is 2.51. The standard InChI is InChI=1S/C18H17NO5/c1-21-12-6-10(7-13(9-12)22-2)17-18(23-3)16(20)14-8-11(19)4-5-15(14)24-17/h4-9H,19H2,1-3H3. The lowest BCUT2D eigenvalue weighted by Gasteiger charge is -2.12. The minimum atomic E-state index is -0.289. The minimum Gasteiger partial charge on any atom is -0.497 e. The van der Waals surface area contributed by atoms with Gasteiger partial charge in [-0.3, -0.25) is 4.79 Å². The van der Waals surface area contributed by atoms with Crippen LogP contribution in [-0.4, -0.2) is 21.3 Å². The summed E-state index contributed by atoms with van der Waals surface area (Å²) < 4.78 is 21.7. The van der Waals surface area contributed by atoms with Gasteiger partial charge in [0.25, 0.3) is 0 Å². The number of hydrogen-bond donors (Lipinski definition) is 1. The number of ether oxygens (including phenoxy) is 3. The first-order valence-corrected chi connectivity index (χ1v) is 7.21. The SMILES string of the molecule is COc1cc(OC)cc(-c2oc3ccc(N)cc3c(=O)c2OC)c1. The van der Waals surface area contributed by atoms with Gasteiger partial charge >= 0.3 is 0 Å². The summed E-state index contributed by atoms with van der Waals surface area (Å²) >= 11 is 0. The number of benzene rings is 2. The van der Waals surface area contributed by atoms with E-state index in [1.54, 1.807) is 50.6 Å². The van der Waals surface area contributed by atoms with Crippen LogP contribution in [0.1, 0.15) is 0 Å². The van der Waals surface area contributed by atoms with Crippen LogP contribution in [0.5, 0.6) is 17.2 Å². The van der Waals surface area contributed by atoms with Gasteiger partial charge in [-0.25, -0.2) is 0 Å². The van der Waals surface area contributed by atoms with E-state index in [1.807, 2.05) is 0 Å². The molecule has 2 aromatic carbocycles. The predicted octanol–water partition coefficient (Wildman–Crippen LogP) is 3.07. The topological polar surface area (TPSA) is 83.9 Å². The first kappa shape index (κ1) is 15.7. The molecule has 124 valence electrons. The van der Waals surface area contributed by atoms with Gasteiger partial charge < -0.3 is 24.4 Å². The van der Waals surface area contributed by atoms with E-state index in [1.165, 1.54) is 7.11 Å². The van der Waals surface area contributed by atoms with Crippen molar-refractivity contribution in [1.29, 1.82) is 0 Å². The number of fused-ring (bicyclic) bond motifs is 1. The van der Waals surface area contributed by atoms with Gasteiger partial charge in [-0.05, 0) is 30.3 Å². The van der Waals surface area contributed by atoms with Crippen LogP contribution >= 0.6 is 0 Å². The highest BCUT2D eigenvalue weighted by atomic mass is 16.5. The first-order chi connectivity index (χ1) is 11.6. The Balaban J connectivity index is 2.34. The number of hydrogen-bond acceptors (Lipinski definition) is 6. The van der Waals surface area contributed by atoms with Gasteiger partial charge in [-0.2, -0.15) is 0 Å². The van der Waals surface area contributed by atoms with Gasteiger partial charge in [-0.15, -0.1) is 0 Å². The molecule has 1 aromatic heterocycles. The Hall–Kier alpha value is -3.15. The molecular formula is C18H17NO5. The van der Waals surface area contributed by atoms with Gasteiger partial charge in [0.1, 0.15) is 17.1 Å². The fraction of sp³-hybridized carbons (Fsp3) is 0.167. The third-order valence-electron chi connectivity index (χ3n) is 3.69. The maximum atomic E-state index is 12.7. The van der Waals surface area contributed by atoms with Crippen molar-refractivity contribution >= 4 is 16.7 Å². The molecule has 1 heterocycles. The normalized spacial score (nSPS) is 10.6. The second kappa shape index (κ2) is 6.16. The van der Waals surface area contributed by atoms with Gasteiger partial charge in [0.05, 0.1) is 26.7 Å². The van der Waals surface area contributed by atoms with Crippen molar-refractivity contribution in [2.24, 2.45) is 0 Å². The van der Waals surface area contributed by atoms with Gasteiger partial charge in [0.15, 0.2) is 5.76 Å². The average Bonchev–Trinajstić information content (AvgIpc) is 2.61. The summed E-state index contributed by atoms with van der Waals surface area (Å²) in [6, 6.07) is 10.1. The number of rotatable bonds is 4. The van der Waals surface area contributed by atoms with Crippen LogP contribution in [0.4, 0.5) is 5.69 Å². The lowest BCUT2D eigenvalue weighted by molar-refractivity contribution is 0.392. The Morgan fingerprint density at radius 2 is 1.58 bits per heavy atom. The summed E-state index contributed by atoms with van der Waals surface area (Å²) in [6.45, 7) is 0. The second-order valence-corrected chi connectivity index (χ2v) is 5.15. The molecule has 24 heavy (non-hydrogen) atoms. The van der Waals surface area contributed by atoms with Gasteiger partial charge in [-0.1, -0.05) is 0 Å². The molecule has 0 saturated heterocycles. The summed E-state index contributed by atoms with van der Waals surface area (Å²) in [5.41, 5.74) is 6.98. The Bertz CT molecular complexity index is 939. The molecule has 0 atom stereocenters. The summed E-state index contributed by atoms with van der Waals surface area (Å²) in [6.07, 6.45) is 0. The smallest absolute Gasteiger partial charge is 0.235 e. The fourth-order valence-electron chi connectivity index (χ4n) is 2.51. The summed E-state index contributed by atoms with van der Waals surface area (Å²) in [5, 5.41) is 0.366. The van der Waals surface area contributed by atoms with Crippen LogP contribution < -0.4 is 25.4 Å². The molecule has 0 bridgehead atoms. The van der Waals surface area contributed by atoms with E-state index in [4.69, 9.17) is 24.4 Å². The molecule has 2 N–H and O–H groups in total. The molecule has 0 aliphatic heterocycles. The maximum Gasteiger partial charge on any atom is 0.235 e. The van der Waals surface area contributed by atoms with Crippen molar-refractivity contribution < 1.29 is 18.6 Å². The third-order valence-corrected chi connectivity index (χ3v) is 3.69. The quantitative estimate of drug-likeness (QED) is 0.741. The zero-order valence-electron chi connectivity index (χ0n) is 13.6. The van der Waals surface area contributed by atoms with Gasteiger partial charge in [0, 0.05) is 17.3 Å². The summed E-state index contributed by atoms with van der Waals surface area (Å²) in [5.74, 6) is 1.55. The molecule has 3 aromatic rings. The molecular weight excluding hydrogens is 310 g/mol. The van der Waals surface area contributed by atoms with E-state index in [-0.39, 0.29) is 11.2 Å². The van der Waals surface area contributed by atoms with Crippen molar-refractivity contribution in [2.45, 2.75) is 0 Å². The lowest BCUT2D eigenvalue weighted by atomic mass is 10.1. The molecule has 0 amide bonds. The van der Waals surface area contributed by atoms with Crippen molar-refractivity contribution in [2.75, 3.05) is 27.1 Å². The molecule has 3 rings (SSSR count). The molecule has 0 aliphatic carbocycles. The van der Waals surface area contributed by atoms with Gasteiger partial charge in [0.2, 0.25) is 11.2 Å². The highest BCUT2D eigenvalue weighted by Crippen LogP contribution is 2.35. The largest absolute Gasteiger partial charge is 0.497 e. The molecule has 0 unspecified atom stereocenters. The Labute approximate surface area is 138 Å². The third kappa shape index (κ3) is 2.62. The van der Waals surface area contributed by atoms with E-state index in [2.05, 4.69) is 0 Å². The zero-order valence-corrected chi connectivity index (χ0v) is 13.6.